The first-order chi connectivity index (χ1) is 13.3. The number of hydrogen-bond acceptors (Lipinski definition) is 1. The molecule has 1 heteroatoms. The SMILES string of the molecule is CC=CCCOc1ccc2c(c1)CCC(C1CCC(CCCCC)CC1)C2. The molecule has 0 radical (unpaired) electrons. The smallest absolute Gasteiger partial charge is 0.119 e. The van der Waals surface area contributed by atoms with Gasteiger partial charge in [-0.05, 0) is 86.5 Å². The van der Waals surface area contributed by atoms with E-state index in [-0.39, 0.29) is 0 Å². The molecule has 0 N–H and O–H groups in total. The van der Waals surface area contributed by atoms with Gasteiger partial charge in [0.25, 0.3) is 0 Å². The fraction of sp³-hybridized carbons (Fsp3) is 0.692. The monoisotopic (exact) mass is 368 g/mol. The summed E-state index contributed by atoms with van der Waals surface area (Å²) in [6.45, 7) is 5.16. The van der Waals surface area contributed by atoms with E-state index in [0.29, 0.717) is 0 Å². The van der Waals surface area contributed by atoms with Crippen LogP contribution in [0.1, 0.15) is 89.2 Å². The van der Waals surface area contributed by atoms with Crippen molar-refractivity contribution in [2.45, 2.75) is 90.9 Å². The van der Waals surface area contributed by atoms with Gasteiger partial charge >= 0.3 is 0 Å². The van der Waals surface area contributed by atoms with Crippen molar-refractivity contribution in [1.29, 1.82) is 0 Å². The van der Waals surface area contributed by atoms with E-state index in [0.717, 1.165) is 36.5 Å². The van der Waals surface area contributed by atoms with Gasteiger partial charge in [-0.1, -0.05) is 63.7 Å². The molecule has 2 aliphatic carbocycles. The Kier molecular flexibility index (Phi) is 8.30. The van der Waals surface area contributed by atoms with Crippen LogP contribution in [0.5, 0.6) is 5.75 Å². The molecule has 1 nitrogen and oxygen atoms in total. The second-order valence-corrected chi connectivity index (χ2v) is 8.92. The average molecular weight is 369 g/mol. The van der Waals surface area contributed by atoms with Crippen LogP contribution in [0.25, 0.3) is 0 Å². The van der Waals surface area contributed by atoms with E-state index in [1.54, 1.807) is 11.1 Å². The van der Waals surface area contributed by atoms with Gasteiger partial charge in [0.05, 0.1) is 6.61 Å². The van der Waals surface area contributed by atoms with Gasteiger partial charge in [0.1, 0.15) is 5.75 Å². The van der Waals surface area contributed by atoms with Crippen molar-refractivity contribution in [3.63, 3.8) is 0 Å². The van der Waals surface area contributed by atoms with Gasteiger partial charge < -0.3 is 4.74 Å². The van der Waals surface area contributed by atoms with Gasteiger partial charge in [0.2, 0.25) is 0 Å². The Balaban J connectivity index is 1.46. The summed E-state index contributed by atoms with van der Waals surface area (Å²) < 4.78 is 5.92. The molecular formula is C26H40O. The van der Waals surface area contributed by atoms with Crippen LogP contribution in [-0.2, 0) is 12.8 Å². The van der Waals surface area contributed by atoms with Crippen LogP contribution >= 0.6 is 0 Å². The minimum absolute atomic E-state index is 0.785. The Morgan fingerprint density at radius 1 is 1.00 bits per heavy atom. The summed E-state index contributed by atoms with van der Waals surface area (Å²) in [4.78, 5) is 0. The maximum absolute atomic E-state index is 5.92. The molecule has 1 aromatic carbocycles. The van der Waals surface area contributed by atoms with E-state index in [1.807, 2.05) is 0 Å². The molecule has 3 rings (SSSR count). The highest BCUT2D eigenvalue weighted by Crippen LogP contribution is 2.41. The molecule has 0 bridgehead atoms. The molecule has 1 aromatic rings. The van der Waals surface area contributed by atoms with Crippen molar-refractivity contribution in [1.82, 2.24) is 0 Å². The van der Waals surface area contributed by atoms with Crippen LogP contribution in [0.4, 0.5) is 0 Å². The predicted molar refractivity (Wildman–Crippen MR) is 116 cm³/mol. The fourth-order valence-corrected chi connectivity index (χ4v) is 5.29. The number of benzene rings is 1. The maximum Gasteiger partial charge on any atom is 0.119 e. The van der Waals surface area contributed by atoms with Crippen molar-refractivity contribution in [3.8, 4) is 5.75 Å². The quantitative estimate of drug-likeness (QED) is 0.323. The van der Waals surface area contributed by atoms with Crippen molar-refractivity contribution >= 4 is 0 Å². The Hall–Kier alpha value is -1.24. The third-order valence-electron chi connectivity index (χ3n) is 7.01. The predicted octanol–water partition coefficient (Wildman–Crippen LogP) is 7.52. The van der Waals surface area contributed by atoms with Gasteiger partial charge in [0.15, 0.2) is 0 Å². The molecule has 0 saturated heterocycles. The molecule has 0 spiro atoms. The van der Waals surface area contributed by atoms with E-state index >= 15 is 0 Å². The lowest BCUT2D eigenvalue weighted by Crippen LogP contribution is -2.26. The van der Waals surface area contributed by atoms with Crippen LogP contribution in [-0.4, -0.2) is 6.61 Å². The molecule has 1 atom stereocenters. The second-order valence-electron chi connectivity index (χ2n) is 8.92. The molecule has 0 heterocycles. The number of rotatable bonds is 9. The van der Waals surface area contributed by atoms with Crippen LogP contribution < -0.4 is 4.74 Å². The molecule has 0 aromatic heterocycles. The van der Waals surface area contributed by atoms with Gasteiger partial charge in [-0.15, -0.1) is 0 Å². The maximum atomic E-state index is 5.92. The van der Waals surface area contributed by atoms with Crippen molar-refractivity contribution < 1.29 is 4.74 Å². The Morgan fingerprint density at radius 2 is 1.85 bits per heavy atom. The first-order valence-electron chi connectivity index (χ1n) is 11.7. The average Bonchev–Trinajstić information content (AvgIpc) is 2.71. The van der Waals surface area contributed by atoms with E-state index in [9.17, 15) is 0 Å². The number of aryl methyl sites for hydroxylation is 1. The molecule has 27 heavy (non-hydrogen) atoms. The Morgan fingerprint density at radius 3 is 2.63 bits per heavy atom. The fourth-order valence-electron chi connectivity index (χ4n) is 5.29. The Labute approximate surface area is 167 Å². The second kappa shape index (κ2) is 10.9. The minimum Gasteiger partial charge on any atom is -0.493 e. The first-order valence-corrected chi connectivity index (χ1v) is 11.7. The number of ether oxygens (including phenoxy) is 1. The van der Waals surface area contributed by atoms with Crippen molar-refractivity contribution in [2.75, 3.05) is 6.61 Å². The third-order valence-corrected chi connectivity index (χ3v) is 7.01. The summed E-state index contributed by atoms with van der Waals surface area (Å²) in [5, 5.41) is 0. The van der Waals surface area contributed by atoms with Crippen LogP contribution in [0.15, 0.2) is 30.4 Å². The number of allylic oxidation sites excluding steroid dienone is 1. The van der Waals surface area contributed by atoms with Crippen molar-refractivity contribution in [2.24, 2.45) is 17.8 Å². The normalized spacial score (nSPS) is 25.5. The van der Waals surface area contributed by atoms with E-state index in [1.165, 1.54) is 70.6 Å². The summed E-state index contributed by atoms with van der Waals surface area (Å²) in [7, 11) is 0. The number of fused-ring (bicyclic) bond motifs is 1. The zero-order valence-electron chi connectivity index (χ0n) is 17.7. The first kappa shape index (κ1) is 20.5. The van der Waals surface area contributed by atoms with Crippen molar-refractivity contribution in [3.05, 3.63) is 41.5 Å². The Bertz CT molecular complexity index is 580. The van der Waals surface area contributed by atoms with Crippen LogP contribution in [0.3, 0.4) is 0 Å². The van der Waals surface area contributed by atoms with Gasteiger partial charge in [0, 0.05) is 0 Å². The molecular weight excluding hydrogens is 328 g/mol. The topological polar surface area (TPSA) is 9.23 Å². The highest BCUT2D eigenvalue weighted by molar-refractivity contribution is 5.37. The lowest BCUT2D eigenvalue weighted by molar-refractivity contribution is 0.183. The van der Waals surface area contributed by atoms with Gasteiger partial charge in [-0.25, -0.2) is 0 Å². The zero-order valence-corrected chi connectivity index (χ0v) is 17.7. The largest absolute Gasteiger partial charge is 0.493 e. The van der Waals surface area contributed by atoms with Crippen LogP contribution in [0, 0.1) is 17.8 Å². The summed E-state index contributed by atoms with van der Waals surface area (Å²) in [6, 6.07) is 6.86. The molecule has 2 aliphatic rings. The standard InChI is InChI=1S/C26H40O/c1-3-5-7-9-21-10-12-22(13-11-21)23-14-15-25-20-26(17-16-24(25)19-23)27-18-8-6-4-2/h4,6,16-17,20-23H,3,5,7-15,18-19H2,1-2H3. The molecule has 1 saturated carbocycles. The number of unbranched alkanes of at least 4 members (excludes halogenated alkanes) is 2. The minimum atomic E-state index is 0.785. The van der Waals surface area contributed by atoms with Gasteiger partial charge in [-0.2, -0.15) is 0 Å². The molecule has 0 aliphatic heterocycles. The van der Waals surface area contributed by atoms with E-state index in [4.69, 9.17) is 4.74 Å². The third kappa shape index (κ3) is 6.13. The summed E-state index contributed by atoms with van der Waals surface area (Å²) in [5.41, 5.74) is 3.14. The molecule has 1 unspecified atom stereocenters. The summed E-state index contributed by atoms with van der Waals surface area (Å²) >= 11 is 0. The lowest BCUT2D eigenvalue weighted by Gasteiger charge is -2.36. The molecule has 1 fully saturated rings. The zero-order chi connectivity index (χ0) is 18.9. The van der Waals surface area contributed by atoms with E-state index in [2.05, 4.69) is 44.2 Å². The number of hydrogen-bond donors (Lipinski definition) is 0. The highest BCUT2D eigenvalue weighted by Gasteiger charge is 2.30. The van der Waals surface area contributed by atoms with Crippen LogP contribution in [0.2, 0.25) is 0 Å². The molecule has 150 valence electrons. The highest BCUT2D eigenvalue weighted by atomic mass is 16.5. The van der Waals surface area contributed by atoms with Gasteiger partial charge in [-0.3, -0.25) is 0 Å². The summed E-state index contributed by atoms with van der Waals surface area (Å²) in [5.74, 6) is 4.00. The van der Waals surface area contributed by atoms with E-state index < -0.39 is 0 Å². The summed E-state index contributed by atoms with van der Waals surface area (Å²) in [6.07, 6.45) is 20.9. The molecule has 0 amide bonds. The lowest BCUT2D eigenvalue weighted by atomic mass is 9.69.